The van der Waals surface area contributed by atoms with Gasteiger partial charge in [0.1, 0.15) is 40.5 Å². The summed E-state index contributed by atoms with van der Waals surface area (Å²) in [5, 5.41) is 9.89. The zero-order valence-corrected chi connectivity index (χ0v) is 14.9. The van der Waals surface area contributed by atoms with E-state index in [4.69, 9.17) is 18.9 Å². The van der Waals surface area contributed by atoms with Crippen LogP contribution in [0.4, 0.5) is 0 Å². The molecule has 26 heavy (non-hydrogen) atoms. The number of fused-ring (bicyclic) bond motifs is 7. The number of methoxy groups -OCH3 is 1. The van der Waals surface area contributed by atoms with Crippen LogP contribution in [-0.2, 0) is 0 Å². The maximum atomic E-state index is 9.89. The van der Waals surface area contributed by atoms with E-state index >= 15 is 0 Å². The molecule has 3 heterocycles. The molecule has 0 fully saturated rings. The molecule has 5 nitrogen and oxygen atoms in total. The summed E-state index contributed by atoms with van der Waals surface area (Å²) in [6, 6.07) is 7.28. The number of hydrogen-bond donors (Lipinski definition) is 1. The standard InChI is InChI=1S/C21H20O5/c1-21(2)7-6-13-15(26-21)5-4-12-14-10-24-17-9-11(22)8-16(23-3)18(17)20(14)25-19(12)13/h4-9,14,20,22H,10H2,1-3H3. The van der Waals surface area contributed by atoms with E-state index in [1.165, 1.54) is 0 Å². The Balaban J connectivity index is 1.63. The maximum absolute atomic E-state index is 9.89. The van der Waals surface area contributed by atoms with Crippen LogP contribution in [0.2, 0.25) is 0 Å². The van der Waals surface area contributed by atoms with E-state index in [0.29, 0.717) is 18.1 Å². The molecule has 134 valence electrons. The van der Waals surface area contributed by atoms with Gasteiger partial charge in [-0.15, -0.1) is 0 Å². The SMILES string of the molecule is COc1cc(O)cc2c1C1Oc3c(ccc4c3C=CC(C)(C)O4)C1CO2. The van der Waals surface area contributed by atoms with Gasteiger partial charge < -0.3 is 24.1 Å². The molecule has 3 aliphatic heterocycles. The zero-order chi connectivity index (χ0) is 18.1. The van der Waals surface area contributed by atoms with Crippen LogP contribution < -0.4 is 18.9 Å². The first-order chi connectivity index (χ1) is 12.5. The van der Waals surface area contributed by atoms with Gasteiger partial charge in [0, 0.05) is 17.7 Å². The second-order valence-electron chi connectivity index (χ2n) is 7.45. The van der Waals surface area contributed by atoms with Gasteiger partial charge in [-0.05, 0) is 32.1 Å². The fourth-order valence-electron chi connectivity index (χ4n) is 4.02. The van der Waals surface area contributed by atoms with Crippen LogP contribution in [-0.4, -0.2) is 24.4 Å². The van der Waals surface area contributed by atoms with Gasteiger partial charge in [0.05, 0.1) is 30.8 Å². The first kappa shape index (κ1) is 15.4. The van der Waals surface area contributed by atoms with Crippen molar-refractivity contribution in [3.05, 3.63) is 47.0 Å². The third-order valence-electron chi connectivity index (χ3n) is 5.23. The highest BCUT2D eigenvalue weighted by Gasteiger charge is 2.44. The van der Waals surface area contributed by atoms with Crippen molar-refractivity contribution >= 4 is 6.08 Å². The van der Waals surface area contributed by atoms with Crippen LogP contribution >= 0.6 is 0 Å². The number of rotatable bonds is 1. The fraction of sp³-hybridized carbons (Fsp3) is 0.333. The monoisotopic (exact) mass is 352 g/mol. The van der Waals surface area contributed by atoms with Crippen molar-refractivity contribution in [2.45, 2.75) is 31.5 Å². The van der Waals surface area contributed by atoms with Crippen LogP contribution in [0.15, 0.2) is 30.3 Å². The third kappa shape index (κ3) is 2.09. The number of phenolic OH excluding ortho intramolecular Hbond substituents is 1. The number of phenols is 1. The second-order valence-corrected chi connectivity index (χ2v) is 7.45. The minimum absolute atomic E-state index is 0.0737. The van der Waals surface area contributed by atoms with Gasteiger partial charge in [-0.25, -0.2) is 0 Å². The fourth-order valence-corrected chi connectivity index (χ4v) is 4.02. The Morgan fingerprint density at radius 3 is 2.85 bits per heavy atom. The Bertz CT molecular complexity index is 927. The van der Waals surface area contributed by atoms with E-state index in [2.05, 4.69) is 12.1 Å². The lowest BCUT2D eigenvalue weighted by Gasteiger charge is -2.29. The minimum Gasteiger partial charge on any atom is -0.508 e. The lowest BCUT2D eigenvalue weighted by atomic mass is 9.87. The van der Waals surface area contributed by atoms with Gasteiger partial charge in [-0.3, -0.25) is 0 Å². The first-order valence-electron chi connectivity index (χ1n) is 8.72. The molecule has 2 atom stereocenters. The van der Waals surface area contributed by atoms with Crippen LogP contribution in [0.5, 0.6) is 28.7 Å². The molecule has 0 saturated carbocycles. The summed E-state index contributed by atoms with van der Waals surface area (Å²) < 4.78 is 23.9. The molecule has 0 spiro atoms. The van der Waals surface area contributed by atoms with E-state index in [1.54, 1.807) is 19.2 Å². The predicted molar refractivity (Wildman–Crippen MR) is 96.4 cm³/mol. The molecular weight excluding hydrogens is 332 g/mol. The molecule has 5 heteroatoms. The number of hydrogen-bond acceptors (Lipinski definition) is 5. The first-order valence-corrected chi connectivity index (χ1v) is 8.72. The van der Waals surface area contributed by atoms with Gasteiger partial charge in [0.15, 0.2) is 0 Å². The summed E-state index contributed by atoms with van der Waals surface area (Å²) in [5.41, 5.74) is 2.59. The zero-order valence-electron chi connectivity index (χ0n) is 14.9. The number of ether oxygens (including phenoxy) is 4. The summed E-state index contributed by atoms with van der Waals surface area (Å²) in [4.78, 5) is 0. The molecule has 0 bridgehead atoms. The topological polar surface area (TPSA) is 57.2 Å². The van der Waals surface area contributed by atoms with Crippen molar-refractivity contribution in [3.63, 3.8) is 0 Å². The summed E-state index contributed by atoms with van der Waals surface area (Å²) >= 11 is 0. The van der Waals surface area contributed by atoms with Crippen molar-refractivity contribution in [1.82, 2.24) is 0 Å². The Hall–Kier alpha value is -2.82. The highest BCUT2D eigenvalue weighted by Crippen LogP contribution is 2.57. The summed E-state index contributed by atoms with van der Waals surface area (Å²) in [6.45, 7) is 4.55. The summed E-state index contributed by atoms with van der Waals surface area (Å²) in [5.74, 6) is 3.04. The quantitative estimate of drug-likeness (QED) is 0.834. The van der Waals surface area contributed by atoms with E-state index in [-0.39, 0.29) is 23.4 Å². The second kappa shape index (κ2) is 5.10. The molecule has 5 rings (SSSR count). The van der Waals surface area contributed by atoms with Crippen molar-refractivity contribution in [2.24, 2.45) is 0 Å². The van der Waals surface area contributed by atoms with E-state index < -0.39 is 0 Å². The van der Waals surface area contributed by atoms with Gasteiger partial charge >= 0.3 is 0 Å². The molecule has 2 unspecified atom stereocenters. The average Bonchev–Trinajstić information content (AvgIpc) is 2.98. The van der Waals surface area contributed by atoms with Crippen molar-refractivity contribution in [3.8, 4) is 28.7 Å². The maximum Gasteiger partial charge on any atom is 0.141 e. The number of aromatic hydroxyl groups is 1. The highest BCUT2D eigenvalue weighted by atomic mass is 16.5. The molecule has 2 aromatic carbocycles. The molecule has 0 aliphatic carbocycles. The largest absolute Gasteiger partial charge is 0.508 e. The summed E-state index contributed by atoms with van der Waals surface area (Å²) in [6.07, 6.45) is 3.91. The van der Waals surface area contributed by atoms with Gasteiger partial charge in [0.2, 0.25) is 0 Å². The molecule has 0 radical (unpaired) electrons. The summed E-state index contributed by atoms with van der Waals surface area (Å²) in [7, 11) is 1.58. The van der Waals surface area contributed by atoms with Crippen LogP contribution in [0.25, 0.3) is 6.08 Å². The van der Waals surface area contributed by atoms with Crippen LogP contribution in [0.3, 0.4) is 0 Å². The molecule has 1 N–H and O–H groups in total. The Labute approximate surface area is 151 Å². The molecule has 3 aliphatic rings. The van der Waals surface area contributed by atoms with Crippen molar-refractivity contribution < 1.29 is 24.1 Å². The smallest absolute Gasteiger partial charge is 0.141 e. The lowest BCUT2D eigenvalue weighted by molar-refractivity contribution is 0.133. The van der Waals surface area contributed by atoms with E-state index in [9.17, 15) is 5.11 Å². The van der Waals surface area contributed by atoms with E-state index in [1.807, 2.05) is 26.0 Å². The van der Waals surface area contributed by atoms with Gasteiger partial charge in [0.25, 0.3) is 0 Å². The normalized spacial score (nSPS) is 23.5. The molecule has 0 amide bonds. The molecule has 0 aromatic heterocycles. The Morgan fingerprint density at radius 2 is 2.04 bits per heavy atom. The van der Waals surface area contributed by atoms with E-state index in [0.717, 1.165) is 28.2 Å². The highest BCUT2D eigenvalue weighted by molar-refractivity contribution is 5.71. The van der Waals surface area contributed by atoms with Crippen LogP contribution in [0, 0.1) is 0 Å². The van der Waals surface area contributed by atoms with Crippen molar-refractivity contribution in [1.29, 1.82) is 0 Å². The van der Waals surface area contributed by atoms with Crippen LogP contribution in [0.1, 0.15) is 42.6 Å². The predicted octanol–water partition coefficient (Wildman–Crippen LogP) is 4.19. The molecule has 0 saturated heterocycles. The molecule has 2 aromatic rings. The Morgan fingerprint density at radius 1 is 1.19 bits per heavy atom. The third-order valence-corrected chi connectivity index (χ3v) is 5.23. The lowest BCUT2D eigenvalue weighted by Crippen LogP contribution is -2.27. The molecular formula is C21H20O5. The minimum atomic E-state index is -0.330. The van der Waals surface area contributed by atoms with Gasteiger partial charge in [-0.1, -0.05) is 6.07 Å². The van der Waals surface area contributed by atoms with Gasteiger partial charge in [-0.2, -0.15) is 0 Å². The van der Waals surface area contributed by atoms with Crippen molar-refractivity contribution in [2.75, 3.05) is 13.7 Å². The Kier molecular flexibility index (Phi) is 3.03. The number of benzene rings is 2. The average molecular weight is 352 g/mol.